The number of halogens is 1. The van der Waals surface area contributed by atoms with E-state index in [-0.39, 0.29) is 5.25 Å². The number of hydrogen-bond acceptors (Lipinski definition) is 4. The number of carbonyl (C=O) groups is 1. The van der Waals surface area contributed by atoms with Gasteiger partial charge in [-0.1, -0.05) is 85.3 Å². The third-order valence-corrected chi connectivity index (χ3v) is 8.60. The fraction of sp³-hybridized carbons (Fsp3) is 0.273. The van der Waals surface area contributed by atoms with Crippen LogP contribution in [0.2, 0.25) is 5.02 Å². The summed E-state index contributed by atoms with van der Waals surface area (Å²) in [7, 11) is 0. The van der Waals surface area contributed by atoms with Gasteiger partial charge in [0, 0.05) is 27.0 Å². The number of fused-ring (bicyclic) bond motifs is 1. The van der Waals surface area contributed by atoms with Crippen molar-refractivity contribution >= 4 is 52.4 Å². The minimum atomic E-state index is -0.766. The van der Waals surface area contributed by atoms with E-state index >= 15 is 0 Å². The van der Waals surface area contributed by atoms with Crippen LogP contribution in [0, 0.1) is 5.92 Å². The summed E-state index contributed by atoms with van der Waals surface area (Å²) in [6.07, 6.45) is 5.81. The van der Waals surface area contributed by atoms with Crippen molar-refractivity contribution in [3.05, 3.63) is 112 Å². The van der Waals surface area contributed by atoms with E-state index in [9.17, 15) is 9.90 Å². The predicted molar refractivity (Wildman–Crippen MR) is 166 cm³/mol. The summed E-state index contributed by atoms with van der Waals surface area (Å²) in [5, 5.41) is 11.3. The molecule has 0 saturated carbocycles. The molecule has 3 N–H and O–H groups in total. The molecule has 0 saturated heterocycles. The monoisotopic (exact) mass is 558 g/mol. The third-order valence-electron chi connectivity index (χ3n) is 6.76. The van der Waals surface area contributed by atoms with Crippen molar-refractivity contribution in [1.82, 2.24) is 4.98 Å². The lowest BCUT2D eigenvalue weighted by atomic mass is 9.88. The van der Waals surface area contributed by atoms with Crippen LogP contribution in [0.3, 0.4) is 0 Å². The molecule has 0 bridgehead atoms. The van der Waals surface area contributed by atoms with Gasteiger partial charge in [0.2, 0.25) is 0 Å². The molecule has 1 heterocycles. The van der Waals surface area contributed by atoms with Gasteiger partial charge in [-0.2, -0.15) is 11.8 Å². The van der Waals surface area contributed by atoms with Gasteiger partial charge in [-0.25, -0.2) is 4.98 Å². The number of nitrogens with zero attached hydrogens (tertiary/aromatic N) is 1. The summed E-state index contributed by atoms with van der Waals surface area (Å²) in [4.78, 5) is 16.2. The standard InChI is InChI=1S/C33H35ClN2O2S/c1-22(32(37)38)21-39-31(18-14-24-8-4-5-10-29(24)33(2,3)35)26-9-6-7-23(19-26)11-16-28-17-13-25-12-15-27(34)20-30(25)36-28/h4-13,15-17,19-20,22,31H,14,18,21,35H2,1-3H3,(H,37,38)/b16-11+. The molecule has 0 spiro atoms. The maximum atomic E-state index is 11.5. The van der Waals surface area contributed by atoms with E-state index in [1.165, 1.54) is 11.1 Å². The van der Waals surface area contributed by atoms with Crippen LogP contribution in [0.25, 0.3) is 23.1 Å². The van der Waals surface area contributed by atoms with Crippen LogP contribution >= 0.6 is 23.4 Å². The van der Waals surface area contributed by atoms with Gasteiger partial charge < -0.3 is 10.8 Å². The SMILES string of the molecule is CC(CSC(CCc1ccccc1C(C)(C)N)c1cccc(/C=C/c2ccc3ccc(Cl)cc3n2)c1)C(=O)O. The maximum absolute atomic E-state index is 11.5. The van der Waals surface area contributed by atoms with Crippen molar-refractivity contribution in [3.63, 3.8) is 0 Å². The van der Waals surface area contributed by atoms with E-state index in [0.717, 1.165) is 40.6 Å². The van der Waals surface area contributed by atoms with Crippen molar-refractivity contribution in [3.8, 4) is 0 Å². The molecule has 3 aromatic carbocycles. The highest BCUT2D eigenvalue weighted by molar-refractivity contribution is 7.99. The van der Waals surface area contributed by atoms with Gasteiger partial charge in [0.15, 0.2) is 0 Å². The summed E-state index contributed by atoms with van der Waals surface area (Å²) in [5.41, 5.74) is 12.4. The lowest BCUT2D eigenvalue weighted by Gasteiger charge is -2.24. The molecule has 2 unspecified atom stereocenters. The highest BCUT2D eigenvalue weighted by atomic mass is 35.5. The second kappa shape index (κ2) is 12.8. The van der Waals surface area contributed by atoms with E-state index in [1.54, 1.807) is 18.7 Å². The smallest absolute Gasteiger partial charge is 0.307 e. The van der Waals surface area contributed by atoms with Crippen LogP contribution in [-0.2, 0) is 16.8 Å². The summed E-state index contributed by atoms with van der Waals surface area (Å²) in [6, 6.07) is 26.6. The fourth-order valence-corrected chi connectivity index (χ4v) is 6.03. The molecule has 0 aliphatic rings. The normalized spacial score (nSPS) is 13.6. The zero-order valence-electron chi connectivity index (χ0n) is 22.6. The van der Waals surface area contributed by atoms with Crippen LogP contribution in [0.15, 0.2) is 78.9 Å². The number of pyridine rings is 1. The Morgan fingerprint density at radius 3 is 2.59 bits per heavy atom. The molecular formula is C33H35ClN2O2S. The second-order valence-electron chi connectivity index (χ2n) is 10.6. The molecule has 0 radical (unpaired) electrons. The lowest BCUT2D eigenvalue weighted by Crippen LogP contribution is -2.30. The first-order valence-electron chi connectivity index (χ1n) is 13.2. The van der Waals surface area contributed by atoms with Crippen molar-refractivity contribution in [2.75, 3.05) is 5.75 Å². The zero-order chi connectivity index (χ0) is 28.0. The van der Waals surface area contributed by atoms with E-state index in [4.69, 9.17) is 22.3 Å². The average Bonchev–Trinajstić information content (AvgIpc) is 2.91. The highest BCUT2D eigenvalue weighted by Crippen LogP contribution is 2.36. The van der Waals surface area contributed by atoms with Gasteiger partial charge in [0.05, 0.1) is 17.1 Å². The molecule has 0 fully saturated rings. The summed E-state index contributed by atoms with van der Waals surface area (Å²) < 4.78 is 0. The number of aryl methyl sites for hydroxylation is 1. The molecular weight excluding hydrogens is 524 g/mol. The Bertz CT molecular complexity index is 1480. The lowest BCUT2D eigenvalue weighted by molar-refractivity contribution is -0.140. The number of aliphatic carboxylic acids is 1. The topological polar surface area (TPSA) is 76.2 Å². The number of nitrogens with two attached hydrogens (primary N) is 1. The number of rotatable bonds is 11. The van der Waals surface area contributed by atoms with E-state index in [1.807, 2.05) is 56.3 Å². The maximum Gasteiger partial charge on any atom is 0.307 e. The number of carboxylic acid groups (broad SMARTS) is 1. The van der Waals surface area contributed by atoms with Crippen LogP contribution < -0.4 is 5.73 Å². The van der Waals surface area contributed by atoms with Gasteiger partial charge in [-0.3, -0.25) is 4.79 Å². The molecule has 39 heavy (non-hydrogen) atoms. The number of benzene rings is 3. The Morgan fingerprint density at radius 2 is 1.82 bits per heavy atom. The fourth-order valence-electron chi connectivity index (χ4n) is 4.57. The quantitative estimate of drug-likeness (QED) is 0.193. The van der Waals surface area contributed by atoms with Crippen LogP contribution in [-0.4, -0.2) is 21.8 Å². The van der Waals surface area contributed by atoms with Crippen LogP contribution in [0.1, 0.15) is 60.4 Å². The first-order valence-corrected chi connectivity index (χ1v) is 14.6. The predicted octanol–water partition coefficient (Wildman–Crippen LogP) is 8.38. The second-order valence-corrected chi connectivity index (χ2v) is 12.2. The molecule has 4 rings (SSSR count). The number of aromatic nitrogens is 1. The van der Waals surface area contributed by atoms with E-state index in [0.29, 0.717) is 10.8 Å². The van der Waals surface area contributed by atoms with Gasteiger partial charge in [0.25, 0.3) is 0 Å². The van der Waals surface area contributed by atoms with Crippen LogP contribution in [0.5, 0.6) is 0 Å². The number of thioether (sulfide) groups is 1. The van der Waals surface area contributed by atoms with Crippen LogP contribution in [0.4, 0.5) is 0 Å². The molecule has 0 aliphatic heterocycles. The van der Waals surface area contributed by atoms with Gasteiger partial charge in [0.1, 0.15) is 0 Å². The minimum absolute atomic E-state index is 0.148. The minimum Gasteiger partial charge on any atom is -0.481 e. The van der Waals surface area contributed by atoms with Crippen molar-refractivity contribution in [1.29, 1.82) is 0 Å². The molecule has 6 heteroatoms. The summed E-state index contributed by atoms with van der Waals surface area (Å²) in [6.45, 7) is 5.82. The molecule has 0 aliphatic carbocycles. The summed E-state index contributed by atoms with van der Waals surface area (Å²) in [5.74, 6) is -0.631. The summed E-state index contributed by atoms with van der Waals surface area (Å²) >= 11 is 7.86. The van der Waals surface area contributed by atoms with Gasteiger partial charge >= 0.3 is 5.97 Å². The molecule has 202 valence electrons. The molecule has 1 aromatic heterocycles. The van der Waals surface area contributed by atoms with Crippen molar-refractivity contribution in [2.45, 2.75) is 44.4 Å². The first kappa shape index (κ1) is 28.9. The van der Waals surface area contributed by atoms with Gasteiger partial charge in [-0.05, 0) is 73.2 Å². The molecule has 4 nitrogen and oxygen atoms in total. The Balaban J connectivity index is 1.56. The number of hydrogen-bond donors (Lipinski definition) is 2. The third kappa shape index (κ3) is 7.95. The van der Waals surface area contributed by atoms with Crippen molar-refractivity contribution in [2.24, 2.45) is 11.7 Å². The van der Waals surface area contributed by atoms with E-state index < -0.39 is 17.4 Å². The zero-order valence-corrected chi connectivity index (χ0v) is 24.2. The van der Waals surface area contributed by atoms with Crippen molar-refractivity contribution < 1.29 is 9.90 Å². The Morgan fingerprint density at radius 1 is 1.05 bits per heavy atom. The molecule has 2 atom stereocenters. The van der Waals surface area contributed by atoms with Gasteiger partial charge in [-0.15, -0.1) is 0 Å². The molecule has 0 amide bonds. The largest absolute Gasteiger partial charge is 0.481 e. The average molecular weight is 559 g/mol. The number of carboxylic acids is 1. The Labute approximate surface area is 240 Å². The van der Waals surface area contributed by atoms with E-state index in [2.05, 4.69) is 48.5 Å². The Hall–Kier alpha value is -3.12. The highest BCUT2D eigenvalue weighted by Gasteiger charge is 2.21. The first-order chi connectivity index (χ1) is 18.6. The molecule has 4 aromatic rings. The Kier molecular flexibility index (Phi) is 9.49.